The van der Waals surface area contributed by atoms with Crippen molar-refractivity contribution in [3.8, 4) is 11.5 Å². The van der Waals surface area contributed by atoms with Crippen molar-refractivity contribution in [2.24, 2.45) is 0 Å². The number of thiazole rings is 1. The zero-order chi connectivity index (χ0) is 23.7. The number of fused-ring (bicyclic) bond motifs is 2. The van der Waals surface area contributed by atoms with Crippen LogP contribution in [-0.4, -0.2) is 17.7 Å². The first-order chi connectivity index (χ1) is 16.4. The van der Waals surface area contributed by atoms with E-state index in [1.165, 1.54) is 17.0 Å². The SMILES string of the molecule is O=C(/C=C/c1ccc2c(c1)OCO2)N(Cc1ccccc1)c1nc2c(C(F)(F)F)cccc2s1. The van der Waals surface area contributed by atoms with Crippen molar-refractivity contribution in [2.75, 3.05) is 11.7 Å². The van der Waals surface area contributed by atoms with E-state index in [1.54, 1.807) is 30.3 Å². The highest BCUT2D eigenvalue weighted by molar-refractivity contribution is 7.22. The standard InChI is InChI=1S/C25H17F3N2O3S/c26-25(27,28)18-7-4-8-21-23(18)29-24(34-21)30(14-17-5-2-1-3-6-17)22(31)12-10-16-9-11-19-20(13-16)33-15-32-19/h1-13H,14-15H2/b12-10+. The molecule has 0 aliphatic carbocycles. The third-order valence-corrected chi connectivity index (χ3v) is 6.25. The second-order valence-corrected chi connectivity index (χ2v) is 8.51. The summed E-state index contributed by atoms with van der Waals surface area (Å²) in [5.41, 5.74) is 0.555. The molecule has 2 heterocycles. The summed E-state index contributed by atoms with van der Waals surface area (Å²) in [7, 11) is 0. The van der Waals surface area contributed by atoms with Crippen molar-refractivity contribution in [3.05, 3.63) is 89.5 Å². The summed E-state index contributed by atoms with van der Waals surface area (Å²) >= 11 is 1.04. The van der Waals surface area contributed by atoms with E-state index in [0.29, 0.717) is 16.2 Å². The number of anilines is 1. The lowest BCUT2D eigenvalue weighted by Gasteiger charge is -2.18. The zero-order valence-corrected chi connectivity index (χ0v) is 18.4. The Kier molecular flexibility index (Phi) is 5.70. The van der Waals surface area contributed by atoms with Crippen LogP contribution in [0, 0.1) is 0 Å². The summed E-state index contributed by atoms with van der Waals surface area (Å²) in [4.78, 5) is 18.9. The molecule has 0 saturated heterocycles. The Labute approximate surface area is 196 Å². The predicted octanol–water partition coefficient (Wildman–Crippen LogP) is 6.29. The monoisotopic (exact) mass is 482 g/mol. The van der Waals surface area contributed by atoms with Gasteiger partial charge >= 0.3 is 6.18 Å². The molecule has 3 aromatic carbocycles. The van der Waals surface area contributed by atoms with Crippen LogP contribution in [0.3, 0.4) is 0 Å². The maximum absolute atomic E-state index is 13.5. The molecular weight excluding hydrogens is 465 g/mol. The van der Waals surface area contributed by atoms with Crippen LogP contribution in [-0.2, 0) is 17.5 Å². The molecule has 1 aliphatic heterocycles. The van der Waals surface area contributed by atoms with Crippen LogP contribution < -0.4 is 14.4 Å². The fourth-order valence-electron chi connectivity index (χ4n) is 3.56. The normalized spacial score (nSPS) is 13.0. The van der Waals surface area contributed by atoms with Gasteiger partial charge in [-0.2, -0.15) is 13.2 Å². The van der Waals surface area contributed by atoms with Crippen LogP contribution in [0.4, 0.5) is 18.3 Å². The molecule has 0 unspecified atom stereocenters. The maximum Gasteiger partial charge on any atom is 0.418 e. The number of amides is 1. The number of carbonyl (C=O) groups is 1. The molecule has 0 radical (unpaired) electrons. The molecule has 172 valence electrons. The molecule has 34 heavy (non-hydrogen) atoms. The van der Waals surface area contributed by atoms with Gasteiger partial charge in [-0.3, -0.25) is 9.69 Å². The van der Waals surface area contributed by atoms with Gasteiger partial charge in [0.2, 0.25) is 6.79 Å². The number of nitrogens with zero attached hydrogens (tertiary/aromatic N) is 2. The summed E-state index contributed by atoms with van der Waals surface area (Å²) in [5, 5.41) is 0.191. The lowest BCUT2D eigenvalue weighted by atomic mass is 10.2. The van der Waals surface area contributed by atoms with E-state index in [1.807, 2.05) is 30.3 Å². The molecular formula is C25H17F3N2O3S. The highest BCUT2D eigenvalue weighted by Crippen LogP contribution is 2.39. The number of carbonyl (C=O) groups excluding carboxylic acids is 1. The number of hydrogen-bond acceptors (Lipinski definition) is 5. The number of ether oxygens (including phenoxy) is 2. The van der Waals surface area contributed by atoms with Crippen molar-refractivity contribution in [3.63, 3.8) is 0 Å². The Morgan fingerprint density at radius 2 is 1.82 bits per heavy atom. The molecule has 9 heteroatoms. The highest BCUT2D eigenvalue weighted by atomic mass is 32.1. The molecule has 5 nitrogen and oxygen atoms in total. The number of aromatic nitrogens is 1. The van der Waals surface area contributed by atoms with E-state index in [-0.39, 0.29) is 24.0 Å². The van der Waals surface area contributed by atoms with Crippen LogP contribution in [0.2, 0.25) is 0 Å². The van der Waals surface area contributed by atoms with Gasteiger partial charge in [0.05, 0.1) is 22.3 Å². The molecule has 1 aliphatic rings. The van der Waals surface area contributed by atoms with Crippen LogP contribution in [0.25, 0.3) is 16.3 Å². The third-order valence-electron chi connectivity index (χ3n) is 5.21. The first-order valence-corrected chi connectivity index (χ1v) is 11.1. The molecule has 4 aromatic rings. The quantitative estimate of drug-likeness (QED) is 0.314. The van der Waals surface area contributed by atoms with Crippen LogP contribution in [0.5, 0.6) is 11.5 Å². The molecule has 0 spiro atoms. The number of halogens is 3. The van der Waals surface area contributed by atoms with Gasteiger partial charge in [0.15, 0.2) is 16.6 Å². The van der Waals surface area contributed by atoms with Gasteiger partial charge in [-0.25, -0.2) is 4.98 Å². The molecule has 0 fully saturated rings. The van der Waals surface area contributed by atoms with Crippen molar-refractivity contribution < 1.29 is 27.4 Å². The van der Waals surface area contributed by atoms with Crippen LogP contribution in [0.15, 0.2) is 72.8 Å². The summed E-state index contributed by atoms with van der Waals surface area (Å²) in [6, 6.07) is 18.4. The largest absolute Gasteiger partial charge is 0.454 e. The van der Waals surface area contributed by atoms with Crippen LogP contribution >= 0.6 is 11.3 Å². The average Bonchev–Trinajstić information content (AvgIpc) is 3.47. The summed E-state index contributed by atoms with van der Waals surface area (Å²) in [6.45, 7) is 0.302. The van der Waals surface area contributed by atoms with Gasteiger partial charge in [-0.05, 0) is 41.5 Å². The second-order valence-electron chi connectivity index (χ2n) is 7.50. The Morgan fingerprint density at radius 3 is 2.62 bits per heavy atom. The molecule has 0 bridgehead atoms. The topological polar surface area (TPSA) is 51.7 Å². The minimum atomic E-state index is -4.54. The van der Waals surface area contributed by atoms with E-state index in [9.17, 15) is 18.0 Å². The lowest BCUT2D eigenvalue weighted by molar-refractivity contribution is -0.136. The number of benzene rings is 3. The van der Waals surface area contributed by atoms with E-state index in [2.05, 4.69) is 4.98 Å². The van der Waals surface area contributed by atoms with Crippen molar-refractivity contribution in [1.82, 2.24) is 4.98 Å². The molecule has 0 atom stereocenters. The fourth-order valence-corrected chi connectivity index (χ4v) is 4.56. The number of para-hydroxylation sites is 1. The Balaban J connectivity index is 1.50. The van der Waals surface area contributed by atoms with E-state index in [4.69, 9.17) is 9.47 Å². The lowest BCUT2D eigenvalue weighted by Crippen LogP contribution is -2.28. The van der Waals surface area contributed by atoms with Gasteiger partial charge in [0.25, 0.3) is 5.91 Å². The van der Waals surface area contributed by atoms with Gasteiger partial charge in [-0.1, -0.05) is 53.8 Å². The third kappa shape index (κ3) is 4.47. The summed E-state index contributed by atoms with van der Waals surface area (Å²) in [5.74, 6) is 0.805. The number of rotatable bonds is 5. The minimum Gasteiger partial charge on any atom is -0.454 e. The van der Waals surface area contributed by atoms with E-state index in [0.717, 1.165) is 28.5 Å². The van der Waals surface area contributed by atoms with Crippen LogP contribution in [0.1, 0.15) is 16.7 Å². The van der Waals surface area contributed by atoms with Crippen molar-refractivity contribution >= 4 is 38.7 Å². The molecule has 5 rings (SSSR count). The summed E-state index contributed by atoms with van der Waals surface area (Å²) < 4.78 is 51.5. The molecule has 0 saturated carbocycles. The first-order valence-electron chi connectivity index (χ1n) is 10.3. The average molecular weight is 482 g/mol. The second kappa shape index (κ2) is 8.83. The Morgan fingerprint density at radius 1 is 1.03 bits per heavy atom. The van der Waals surface area contributed by atoms with Gasteiger partial charge in [0, 0.05) is 6.08 Å². The fraction of sp³-hybridized carbons (Fsp3) is 0.120. The smallest absolute Gasteiger partial charge is 0.418 e. The van der Waals surface area contributed by atoms with Gasteiger partial charge < -0.3 is 9.47 Å². The molecule has 0 N–H and O–H groups in total. The molecule has 1 amide bonds. The van der Waals surface area contributed by atoms with E-state index < -0.39 is 17.6 Å². The highest BCUT2D eigenvalue weighted by Gasteiger charge is 2.34. The minimum absolute atomic E-state index is 0.143. The predicted molar refractivity (Wildman–Crippen MR) is 124 cm³/mol. The number of hydrogen-bond donors (Lipinski definition) is 0. The number of alkyl halides is 3. The Hall–Kier alpha value is -3.85. The van der Waals surface area contributed by atoms with E-state index >= 15 is 0 Å². The first kappa shape index (κ1) is 22.0. The van der Waals surface area contributed by atoms with Crippen molar-refractivity contribution in [2.45, 2.75) is 12.7 Å². The summed E-state index contributed by atoms with van der Waals surface area (Å²) in [6.07, 6.45) is -1.55. The van der Waals surface area contributed by atoms with Gasteiger partial charge in [0.1, 0.15) is 0 Å². The zero-order valence-electron chi connectivity index (χ0n) is 17.6. The maximum atomic E-state index is 13.5. The van der Waals surface area contributed by atoms with Gasteiger partial charge in [-0.15, -0.1) is 0 Å². The van der Waals surface area contributed by atoms with Crippen molar-refractivity contribution in [1.29, 1.82) is 0 Å². The molecule has 1 aromatic heterocycles. The Bertz CT molecular complexity index is 1380.